The zero-order valence-electron chi connectivity index (χ0n) is 9.12. The maximum absolute atomic E-state index is 12.8. The molecule has 0 unspecified atom stereocenters. The molecule has 0 radical (unpaired) electrons. The van der Waals surface area contributed by atoms with Crippen molar-refractivity contribution in [2.75, 3.05) is 6.61 Å². The summed E-state index contributed by atoms with van der Waals surface area (Å²) in [6.07, 6.45) is -0.617. The molecule has 94 valence electrons. The maximum atomic E-state index is 12.8. The molecule has 6 heteroatoms. The van der Waals surface area contributed by atoms with E-state index in [0.29, 0.717) is 5.56 Å². The first-order valence-corrected chi connectivity index (χ1v) is 5.88. The number of alkyl halides is 2. The van der Waals surface area contributed by atoms with E-state index < -0.39 is 17.0 Å². The fraction of sp³-hybridized carbons (Fsp3) is 0.364. The lowest BCUT2D eigenvalue weighted by molar-refractivity contribution is 0.148. The number of carbonyl (C=O) groups is 1. The molecule has 1 atom stereocenters. The van der Waals surface area contributed by atoms with E-state index >= 15 is 0 Å². The number of nitrogens with one attached hydrogen (secondary N) is 1. The highest BCUT2D eigenvalue weighted by Crippen LogP contribution is 2.24. The van der Waals surface area contributed by atoms with Gasteiger partial charge in [-0.1, -0.05) is 12.1 Å². The number of amides is 1. The molecule has 0 aliphatic rings. The van der Waals surface area contributed by atoms with Gasteiger partial charge in [-0.05, 0) is 24.6 Å². The topological polar surface area (TPSA) is 38.3 Å². The van der Waals surface area contributed by atoms with E-state index in [1.165, 1.54) is 24.3 Å². The molecule has 0 saturated heterocycles. The molecule has 1 rings (SSSR count). The van der Waals surface area contributed by atoms with E-state index in [0.717, 1.165) is 0 Å². The highest BCUT2D eigenvalue weighted by molar-refractivity contribution is 6.44. The minimum atomic E-state index is -0.857. The molecular formula is C11H12Cl2FNO2. The molecule has 0 aromatic heterocycles. The minimum absolute atomic E-state index is 0.247. The second kappa shape index (κ2) is 6.67. The minimum Gasteiger partial charge on any atom is -0.450 e. The van der Waals surface area contributed by atoms with Crippen LogP contribution in [0, 0.1) is 5.82 Å². The van der Waals surface area contributed by atoms with Crippen molar-refractivity contribution in [3.63, 3.8) is 0 Å². The van der Waals surface area contributed by atoms with Crippen LogP contribution < -0.4 is 5.32 Å². The molecule has 3 nitrogen and oxygen atoms in total. The largest absolute Gasteiger partial charge is 0.450 e. The Labute approximate surface area is 109 Å². The molecular weight excluding hydrogens is 268 g/mol. The van der Waals surface area contributed by atoms with Crippen LogP contribution in [0.2, 0.25) is 0 Å². The predicted molar refractivity (Wildman–Crippen MR) is 64.8 cm³/mol. The smallest absolute Gasteiger partial charge is 0.407 e. The van der Waals surface area contributed by atoms with Crippen molar-refractivity contribution in [1.29, 1.82) is 0 Å². The lowest BCUT2D eigenvalue weighted by atomic mass is 10.1. The van der Waals surface area contributed by atoms with Gasteiger partial charge in [0, 0.05) is 0 Å². The third-order valence-electron chi connectivity index (χ3n) is 2.03. The first kappa shape index (κ1) is 14.1. The van der Waals surface area contributed by atoms with Gasteiger partial charge in [-0.2, -0.15) is 0 Å². The summed E-state index contributed by atoms with van der Waals surface area (Å²) < 4.78 is 17.5. The van der Waals surface area contributed by atoms with E-state index in [9.17, 15) is 9.18 Å². The van der Waals surface area contributed by atoms with Gasteiger partial charge in [0.25, 0.3) is 0 Å². The van der Waals surface area contributed by atoms with Gasteiger partial charge in [0.15, 0.2) is 0 Å². The monoisotopic (exact) mass is 279 g/mol. The Morgan fingerprint density at radius 2 is 2.00 bits per heavy atom. The van der Waals surface area contributed by atoms with E-state index in [-0.39, 0.29) is 12.4 Å². The summed E-state index contributed by atoms with van der Waals surface area (Å²) in [5, 5.41) is 2.51. The van der Waals surface area contributed by atoms with Crippen LogP contribution in [0.5, 0.6) is 0 Å². The molecule has 0 fully saturated rings. The Bertz CT molecular complexity index is 370. The summed E-state index contributed by atoms with van der Waals surface area (Å²) in [7, 11) is 0. The average Bonchev–Trinajstić information content (AvgIpc) is 2.27. The summed E-state index contributed by atoms with van der Waals surface area (Å²) in [6.45, 7) is 1.93. The first-order chi connectivity index (χ1) is 8.04. The van der Waals surface area contributed by atoms with Crippen LogP contribution in [0.25, 0.3) is 0 Å². The van der Waals surface area contributed by atoms with Crippen molar-refractivity contribution in [3.05, 3.63) is 35.6 Å². The number of ether oxygens (including phenoxy) is 1. The molecule has 0 aliphatic carbocycles. The van der Waals surface area contributed by atoms with Gasteiger partial charge in [0.1, 0.15) is 10.7 Å². The van der Waals surface area contributed by atoms with Crippen molar-refractivity contribution in [2.24, 2.45) is 0 Å². The number of carbonyl (C=O) groups excluding carboxylic acids is 1. The van der Waals surface area contributed by atoms with E-state index in [4.69, 9.17) is 27.9 Å². The van der Waals surface area contributed by atoms with Crippen LogP contribution in [-0.4, -0.2) is 17.5 Å². The predicted octanol–water partition coefficient (Wildman–Crippen LogP) is 3.42. The van der Waals surface area contributed by atoms with Gasteiger partial charge >= 0.3 is 6.09 Å². The van der Waals surface area contributed by atoms with Crippen LogP contribution in [0.1, 0.15) is 18.5 Å². The number of rotatable bonds is 4. The number of halogens is 3. The number of hydrogen-bond donors (Lipinski definition) is 1. The molecule has 1 aromatic carbocycles. The molecule has 0 saturated carbocycles. The summed E-state index contributed by atoms with van der Waals surface area (Å²) in [6, 6.07) is 4.91. The summed E-state index contributed by atoms with van der Waals surface area (Å²) in [5.41, 5.74) is 0.606. The number of benzene rings is 1. The van der Waals surface area contributed by atoms with E-state index in [1.807, 2.05) is 0 Å². The quantitative estimate of drug-likeness (QED) is 0.858. The fourth-order valence-electron chi connectivity index (χ4n) is 1.26. The van der Waals surface area contributed by atoms with Gasteiger partial charge in [-0.25, -0.2) is 9.18 Å². The van der Waals surface area contributed by atoms with Crippen molar-refractivity contribution in [2.45, 2.75) is 17.8 Å². The van der Waals surface area contributed by atoms with Crippen molar-refractivity contribution in [3.8, 4) is 0 Å². The molecule has 0 spiro atoms. The van der Waals surface area contributed by atoms with Crippen LogP contribution in [0.15, 0.2) is 24.3 Å². The second-order valence-electron chi connectivity index (χ2n) is 3.23. The van der Waals surface area contributed by atoms with Gasteiger partial charge < -0.3 is 10.1 Å². The normalized spacial score (nSPS) is 12.3. The Morgan fingerprint density at radius 3 is 2.47 bits per heavy atom. The van der Waals surface area contributed by atoms with Crippen LogP contribution >= 0.6 is 23.2 Å². The van der Waals surface area contributed by atoms with Gasteiger partial charge in [0.05, 0.1) is 12.6 Å². The average molecular weight is 280 g/mol. The van der Waals surface area contributed by atoms with Crippen molar-refractivity contribution >= 4 is 29.3 Å². The number of alkyl carbamates (subject to hydrolysis) is 1. The SMILES string of the molecule is CCOC(=O)N[C@@H](c1ccc(F)cc1)C(Cl)Cl. The lowest BCUT2D eigenvalue weighted by Crippen LogP contribution is -2.32. The Morgan fingerprint density at radius 1 is 1.41 bits per heavy atom. The molecule has 1 amide bonds. The second-order valence-corrected chi connectivity index (χ2v) is 4.39. The van der Waals surface area contributed by atoms with Crippen molar-refractivity contribution < 1.29 is 13.9 Å². The van der Waals surface area contributed by atoms with Gasteiger partial charge in [0.2, 0.25) is 0 Å². The molecule has 17 heavy (non-hydrogen) atoms. The highest BCUT2D eigenvalue weighted by atomic mass is 35.5. The maximum Gasteiger partial charge on any atom is 0.407 e. The molecule has 1 N–H and O–H groups in total. The molecule has 0 heterocycles. The third-order valence-corrected chi connectivity index (χ3v) is 2.53. The standard InChI is InChI=1S/C11H12Cl2FNO2/c1-2-17-11(16)15-9(10(12)13)7-3-5-8(14)6-4-7/h3-6,9-10H,2H2,1H3,(H,15,16)/t9-/m0/s1. The van der Waals surface area contributed by atoms with Crippen LogP contribution in [0.4, 0.5) is 9.18 Å². The van der Waals surface area contributed by atoms with Gasteiger partial charge in [-0.3, -0.25) is 0 Å². The summed E-state index contributed by atoms with van der Waals surface area (Å²) in [5.74, 6) is -0.371. The van der Waals surface area contributed by atoms with Crippen LogP contribution in [-0.2, 0) is 4.74 Å². The summed E-state index contributed by atoms with van der Waals surface area (Å²) >= 11 is 11.5. The fourth-order valence-corrected chi connectivity index (χ4v) is 1.68. The first-order valence-electron chi connectivity index (χ1n) is 5.01. The lowest BCUT2D eigenvalue weighted by Gasteiger charge is -2.19. The Kier molecular flexibility index (Phi) is 5.51. The zero-order chi connectivity index (χ0) is 12.8. The molecule has 1 aromatic rings. The summed E-state index contributed by atoms with van der Waals surface area (Å²) in [4.78, 5) is 10.4. The van der Waals surface area contributed by atoms with Crippen molar-refractivity contribution in [1.82, 2.24) is 5.32 Å². The van der Waals surface area contributed by atoms with Crippen LogP contribution in [0.3, 0.4) is 0 Å². The zero-order valence-corrected chi connectivity index (χ0v) is 10.6. The molecule has 0 bridgehead atoms. The Balaban J connectivity index is 2.79. The van der Waals surface area contributed by atoms with E-state index in [2.05, 4.69) is 5.32 Å². The molecule has 0 aliphatic heterocycles. The van der Waals surface area contributed by atoms with E-state index in [1.54, 1.807) is 6.92 Å². The Hall–Kier alpha value is -1.00. The highest BCUT2D eigenvalue weighted by Gasteiger charge is 2.21. The van der Waals surface area contributed by atoms with Gasteiger partial charge in [-0.15, -0.1) is 23.2 Å². The number of hydrogen-bond acceptors (Lipinski definition) is 2. The third kappa shape index (κ3) is 4.40.